The fourth-order valence-electron chi connectivity index (χ4n) is 4.85. The maximum atomic E-state index is 13.2. The molecule has 1 aromatic rings. The van der Waals surface area contributed by atoms with Gasteiger partial charge in [0, 0.05) is 0 Å². The van der Waals surface area contributed by atoms with Crippen molar-refractivity contribution in [2.45, 2.75) is 79.6 Å². The van der Waals surface area contributed by atoms with Gasteiger partial charge in [0.2, 0.25) is 6.79 Å². The van der Waals surface area contributed by atoms with Crippen molar-refractivity contribution in [2.75, 3.05) is 21.0 Å². The van der Waals surface area contributed by atoms with E-state index in [1.165, 1.54) is 32.4 Å². The van der Waals surface area contributed by atoms with Crippen LogP contribution in [0.3, 0.4) is 0 Å². The third kappa shape index (κ3) is 9.12. The van der Waals surface area contributed by atoms with Crippen molar-refractivity contribution in [3.63, 3.8) is 0 Å². The molecule has 0 N–H and O–H groups in total. The molecule has 1 aliphatic heterocycles. The Morgan fingerprint density at radius 1 is 0.857 bits per heavy atom. The molecule has 3 unspecified atom stereocenters. The quantitative estimate of drug-likeness (QED) is 0.117. The summed E-state index contributed by atoms with van der Waals surface area (Å²) in [6, 6.07) is 4.06. The number of fused-ring (bicyclic) bond motifs is 1. The Kier molecular flexibility index (Phi) is 12.2. The maximum absolute atomic E-state index is 13.2. The molecule has 0 amide bonds. The number of carbonyl (C=O) groups is 6. The molecule has 0 fully saturated rings. The standard InChI is InChI=1S/C31H42O11/c1-8-31(5,29(37)39-7)16-14-20(24(32)38-6)17-19(11-10-15-30(2,3)4)25(33)40-18-41-26(34)21-12-9-13-22-23(21)28(36)42-27(22)35/h9,12-13,19-20H,8,10-11,14-18H2,1-7H3. The minimum absolute atomic E-state index is 0.0215. The normalized spacial score (nSPS) is 15.5. The van der Waals surface area contributed by atoms with Crippen LogP contribution in [0.4, 0.5) is 0 Å². The Hall–Kier alpha value is -3.76. The lowest BCUT2D eigenvalue weighted by Gasteiger charge is -2.28. The molecule has 1 heterocycles. The number of carbonyl (C=O) groups excluding carboxylic acids is 6. The number of ether oxygens (including phenoxy) is 5. The molecule has 11 heteroatoms. The lowest BCUT2D eigenvalue weighted by molar-refractivity contribution is -0.160. The summed E-state index contributed by atoms with van der Waals surface area (Å²) in [4.78, 5) is 74.7. The van der Waals surface area contributed by atoms with Crippen LogP contribution >= 0.6 is 0 Å². The molecule has 0 radical (unpaired) electrons. The summed E-state index contributed by atoms with van der Waals surface area (Å²) in [6.45, 7) is 9.15. The van der Waals surface area contributed by atoms with Crippen molar-refractivity contribution in [3.05, 3.63) is 34.9 Å². The van der Waals surface area contributed by atoms with Gasteiger partial charge in [-0.15, -0.1) is 0 Å². The Labute approximate surface area is 246 Å². The molecule has 0 saturated heterocycles. The lowest BCUT2D eigenvalue weighted by atomic mass is 9.78. The Morgan fingerprint density at radius 3 is 2.12 bits per heavy atom. The maximum Gasteiger partial charge on any atom is 0.347 e. The van der Waals surface area contributed by atoms with Crippen molar-refractivity contribution in [1.29, 1.82) is 0 Å². The fourth-order valence-corrected chi connectivity index (χ4v) is 4.85. The smallest absolute Gasteiger partial charge is 0.347 e. The molecule has 2 rings (SSSR count). The number of hydrogen-bond acceptors (Lipinski definition) is 11. The van der Waals surface area contributed by atoms with Crippen molar-refractivity contribution in [1.82, 2.24) is 0 Å². The van der Waals surface area contributed by atoms with Gasteiger partial charge in [0.1, 0.15) is 0 Å². The first kappa shape index (κ1) is 34.4. The summed E-state index contributed by atoms with van der Waals surface area (Å²) in [7, 11) is 2.59. The summed E-state index contributed by atoms with van der Waals surface area (Å²) < 4.78 is 24.9. The molecule has 3 atom stereocenters. The summed E-state index contributed by atoms with van der Waals surface area (Å²) in [5, 5.41) is 0. The number of cyclic esters (lactones) is 2. The van der Waals surface area contributed by atoms with E-state index in [1.54, 1.807) is 6.92 Å². The average molecular weight is 591 g/mol. The van der Waals surface area contributed by atoms with Gasteiger partial charge in [-0.25, -0.2) is 14.4 Å². The number of methoxy groups -OCH3 is 2. The second-order valence-corrected chi connectivity index (χ2v) is 12.0. The molecule has 232 valence electrons. The van der Waals surface area contributed by atoms with Crippen molar-refractivity contribution >= 4 is 35.8 Å². The van der Waals surface area contributed by atoms with Gasteiger partial charge >= 0.3 is 35.8 Å². The molecule has 0 aromatic heterocycles. The van der Waals surface area contributed by atoms with E-state index in [-0.39, 0.29) is 40.9 Å². The summed E-state index contributed by atoms with van der Waals surface area (Å²) >= 11 is 0. The molecule has 1 aromatic carbocycles. The minimum Gasteiger partial charge on any atom is -0.469 e. The zero-order valence-corrected chi connectivity index (χ0v) is 25.5. The highest BCUT2D eigenvalue weighted by molar-refractivity contribution is 6.18. The van der Waals surface area contributed by atoms with E-state index in [4.69, 9.17) is 18.9 Å². The van der Waals surface area contributed by atoms with Gasteiger partial charge in [0.25, 0.3) is 0 Å². The van der Waals surface area contributed by atoms with Gasteiger partial charge in [-0.05, 0) is 63.0 Å². The van der Waals surface area contributed by atoms with E-state index in [9.17, 15) is 28.8 Å². The van der Waals surface area contributed by atoms with Gasteiger partial charge in [0.15, 0.2) is 0 Å². The zero-order valence-electron chi connectivity index (χ0n) is 25.5. The second-order valence-electron chi connectivity index (χ2n) is 12.0. The lowest BCUT2D eigenvalue weighted by Crippen LogP contribution is -2.31. The topological polar surface area (TPSA) is 149 Å². The van der Waals surface area contributed by atoms with E-state index >= 15 is 0 Å². The van der Waals surface area contributed by atoms with E-state index in [1.807, 2.05) is 6.92 Å². The first-order chi connectivity index (χ1) is 19.7. The fraction of sp³-hybridized carbons (Fsp3) is 0.613. The highest BCUT2D eigenvalue weighted by atomic mass is 16.7. The average Bonchev–Trinajstić information content (AvgIpc) is 3.25. The number of benzene rings is 1. The monoisotopic (exact) mass is 590 g/mol. The van der Waals surface area contributed by atoms with Crippen LogP contribution in [0.2, 0.25) is 0 Å². The van der Waals surface area contributed by atoms with Gasteiger partial charge < -0.3 is 23.7 Å². The van der Waals surface area contributed by atoms with Crippen LogP contribution in [-0.2, 0) is 38.1 Å². The van der Waals surface area contributed by atoms with Crippen molar-refractivity contribution < 1.29 is 52.5 Å². The predicted molar refractivity (Wildman–Crippen MR) is 149 cm³/mol. The predicted octanol–water partition coefficient (Wildman–Crippen LogP) is 5.04. The highest BCUT2D eigenvalue weighted by Gasteiger charge is 2.37. The van der Waals surface area contributed by atoms with E-state index in [0.29, 0.717) is 25.7 Å². The molecule has 0 saturated carbocycles. The highest BCUT2D eigenvalue weighted by Crippen LogP contribution is 2.34. The molecule has 11 nitrogen and oxygen atoms in total. The third-order valence-electron chi connectivity index (χ3n) is 7.70. The van der Waals surface area contributed by atoms with Crippen LogP contribution in [-0.4, -0.2) is 56.8 Å². The largest absolute Gasteiger partial charge is 0.469 e. The zero-order chi connectivity index (χ0) is 31.7. The number of esters is 6. The second kappa shape index (κ2) is 14.9. The Bertz CT molecular complexity index is 1180. The summed E-state index contributed by atoms with van der Waals surface area (Å²) in [5.41, 5.74) is -1.22. The minimum atomic E-state index is -0.968. The molecule has 42 heavy (non-hydrogen) atoms. The van der Waals surface area contributed by atoms with Crippen LogP contribution in [0.5, 0.6) is 0 Å². The van der Waals surface area contributed by atoms with Gasteiger partial charge in [-0.2, -0.15) is 0 Å². The van der Waals surface area contributed by atoms with E-state index < -0.39 is 53.9 Å². The van der Waals surface area contributed by atoms with Crippen LogP contribution in [0.25, 0.3) is 0 Å². The van der Waals surface area contributed by atoms with Crippen LogP contribution in [0.1, 0.15) is 111 Å². The molecule has 0 bridgehead atoms. The van der Waals surface area contributed by atoms with Crippen molar-refractivity contribution in [2.24, 2.45) is 22.7 Å². The van der Waals surface area contributed by atoms with Gasteiger partial charge in [0.05, 0.1) is 48.2 Å². The van der Waals surface area contributed by atoms with Crippen LogP contribution < -0.4 is 0 Å². The molecule has 1 aliphatic rings. The molecular weight excluding hydrogens is 548 g/mol. The molecular formula is C31H42O11. The molecule has 0 spiro atoms. The third-order valence-corrected chi connectivity index (χ3v) is 7.70. The Morgan fingerprint density at radius 2 is 1.52 bits per heavy atom. The van der Waals surface area contributed by atoms with E-state index in [0.717, 1.165) is 6.42 Å². The summed E-state index contributed by atoms with van der Waals surface area (Å²) in [6.07, 6.45) is 3.18. The SMILES string of the molecule is CCC(C)(CCC(CC(CCCC(C)(C)C)C(=O)OCOC(=O)c1cccc2c1C(=O)OC2=O)C(=O)OC)C(=O)OC. The van der Waals surface area contributed by atoms with E-state index in [2.05, 4.69) is 25.5 Å². The van der Waals surface area contributed by atoms with Crippen LogP contribution in [0.15, 0.2) is 18.2 Å². The van der Waals surface area contributed by atoms with Gasteiger partial charge in [-0.1, -0.05) is 40.2 Å². The van der Waals surface area contributed by atoms with Crippen molar-refractivity contribution in [3.8, 4) is 0 Å². The number of hydrogen-bond donors (Lipinski definition) is 0. The summed E-state index contributed by atoms with van der Waals surface area (Å²) in [5.74, 6) is -5.73. The first-order valence-corrected chi connectivity index (χ1v) is 14.1. The number of rotatable bonds is 15. The first-order valence-electron chi connectivity index (χ1n) is 14.1. The van der Waals surface area contributed by atoms with Gasteiger partial charge in [-0.3, -0.25) is 14.4 Å². The Balaban J connectivity index is 2.13. The molecule has 0 aliphatic carbocycles. The van der Waals surface area contributed by atoms with Crippen LogP contribution in [0, 0.1) is 22.7 Å².